The molecule has 0 saturated heterocycles. The fraction of sp³-hybridized carbons (Fsp3) is 0.0400. The number of benzene rings is 3. The van der Waals surface area contributed by atoms with Crippen LogP contribution in [0.1, 0.15) is 32.0 Å². The summed E-state index contributed by atoms with van der Waals surface area (Å²) in [6.07, 6.45) is 0. The normalized spacial score (nSPS) is 12.2. The number of aryl methyl sites for hydroxylation is 1. The van der Waals surface area contributed by atoms with E-state index in [0.29, 0.717) is 55.3 Å². The molecule has 0 N–H and O–H groups in total. The van der Waals surface area contributed by atoms with Gasteiger partial charge in [0.05, 0.1) is 10.5 Å². The van der Waals surface area contributed by atoms with Gasteiger partial charge in [0.25, 0.3) is 5.91 Å². The highest BCUT2D eigenvalue weighted by Crippen LogP contribution is 2.39. The first-order valence-corrected chi connectivity index (χ1v) is 10.4. The summed E-state index contributed by atoms with van der Waals surface area (Å²) in [6, 6.07) is 19.7. The van der Waals surface area contributed by atoms with Crippen LogP contribution in [0.25, 0.3) is 33.4 Å². The van der Waals surface area contributed by atoms with E-state index in [-0.39, 0.29) is 11.3 Å². The molecule has 0 fully saturated rings. The van der Waals surface area contributed by atoms with Gasteiger partial charge in [0.1, 0.15) is 22.7 Å². The van der Waals surface area contributed by atoms with Crippen LogP contribution in [0, 0.1) is 6.92 Å². The van der Waals surface area contributed by atoms with E-state index in [0.717, 1.165) is 0 Å². The molecule has 1 aliphatic carbocycles. The fourth-order valence-corrected chi connectivity index (χ4v) is 4.53. The molecule has 154 valence electrons. The lowest BCUT2D eigenvalue weighted by atomic mass is 9.87. The van der Waals surface area contributed by atoms with Crippen LogP contribution in [0.3, 0.4) is 0 Å². The predicted octanol–water partition coefficient (Wildman–Crippen LogP) is 5.55. The summed E-state index contributed by atoms with van der Waals surface area (Å²) in [4.78, 5) is 26.8. The van der Waals surface area contributed by atoms with Crippen molar-refractivity contribution < 1.29 is 14.1 Å². The Kier molecular flexibility index (Phi) is 3.94. The van der Waals surface area contributed by atoms with Crippen LogP contribution in [0.2, 0.25) is 5.02 Å². The number of hydrogen-bond donors (Lipinski definition) is 0. The van der Waals surface area contributed by atoms with Crippen molar-refractivity contribution in [2.24, 2.45) is 0 Å². The van der Waals surface area contributed by atoms with Crippen molar-refractivity contribution in [2.75, 3.05) is 0 Å². The Morgan fingerprint density at radius 3 is 2.34 bits per heavy atom. The lowest BCUT2D eigenvalue weighted by molar-refractivity contribution is 0.0949. The molecular weight excluding hydrogens is 426 g/mol. The van der Waals surface area contributed by atoms with Crippen LogP contribution >= 0.6 is 11.6 Å². The number of carbonyl (C=O) groups excluding carboxylic acids is 2. The molecule has 3 aromatic carbocycles. The maximum atomic E-state index is 13.8. The van der Waals surface area contributed by atoms with Crippen molar-refractivity contribution in [2.45, 2.75) is 6.92 Å². The monoisotopic (exact) mass is 439 g/mol. The number of rotatable bonds is 2. The molecular formula is C25H14ClN3O3. The summed E-state index contributed by atoms with van der Waals surface area (Å²) in [5.41, 5.74) is 4.19. The van der Waals surface area contributed by atoms with E-state index in [2.05, 4.69) is 10.3 Å². The van der Waals surface area contributed by atoms with Gasteiger partial charge in [-0.2, -0.15) is 9.78 Å². The quantitative estimate of drug-likeness (QED) is 0.353. The van der Waals surface area contributed by atoms with Gasteiger partial charge in [-0.05, 0) is 19.1 Å². The molecule has 0 aliphatic heterocycles. The SMILES string of the molecule is Cc1onc(-c2ccccc2Cl)c1C(=O)n1nc2c3c(cccc31)C(=O)c1ccccc1-2. The highest BCUT2D eigenvalue weighted by Gasteiger charge is 2.32. The van der Waals surface area contributed by atoms with E-state index >= 15 is 0 Å². The fourth-order valence-electron chi connectivity index (χ4n) is 4.30. The van der Waals surface area contributed by atoms with Gasteiger partial charge in [0.15, 0.2) is 5.78 Å². The molecule has 5 aromatic rings. The van der Waals surface area contributed by atoms with E-state index in [4.69, 9.17) is 16.1 Å². The van der Waals surface area contributed by atoms with Crippen molar-refractivity contribution in [1.82, 2.24) is 14.9 Å². The number of aromatic nitrogens is 3. The van der Waals surface area contributed by atoms with Crippen LogP contribution in [0.4, 0.5) is 0 Å². The van der Waals surface area contributed by atoms with Crippen molar-refractivity contribution in [3.05, 3.63) is 94.2 Å². The molecule has 6 rings (SSSR count). The predicted molar refractivity (Wildman–Crippen MR) is 120 cm³/mol. The number of carbonyl (C=O) groups is 2. The van der Waals surface area contributed by atoms with E-state index in [1.165, 1.54) is 4.68 Å². The summed E-state index contributed by atoms with van der Waals surface area (Å²) in [5, 5.41) is 9.89. The lowest BCUT2D eigenvalue weighted by Gasteiger charge is -2.13. The molecule has 0 spiro atoms. The Bertz CT molecular complexity index is 1600. The number of fused-ring (bicyclic) bond motifs is 2. The Hall–Kier alpha value is -4.03. The topological polar surface area (TPSA) is 78.0 Å². The third-order valence-electron chi connectivity index (χ3n) is 5.78. The Morgan fingerprint density at radius 2 is 1.56 bits per heavy atom. The standard InChI is InChI=1S/C25H14ClN3O3/c1-13-20(23(28-32-13)16-9-4-5-11-18(16)26)25(31)29-19-12-6-10-17-21(19)22(27-29)14-7-2-3-8-15(14)24(17)30/h2-12H,1H3. The maximum absolute atomic E-state index is 13.8. The molecule has 2 heterocycles. The molecule has 2 aromatic heterocycles. The molecule has 32 heavy (non-hydrogen) atoms. The zero-order valence-electron chi connectivity index (χ0n) is 16.8. The molecule has 0 radical (unpaired) electrons. The first-order valence-electron chi connectivity index (χ1n) is 9.98. The average Bonchev–Trinajstić information content (AvgIpc) is 3.39. The van der Waals surface area contributed by atoms with Crippen molar-refractivity contribution >= 4 is 34.2 Å². The molecule has 1 aliphatic rings. The minimum absolute atomic E-state index is 0.0800. The summed E-state index contributed by atoms with van der Waals surface area (Å²) < 4.78 is 6.70. The number of halogens is 1. The second kappa shape index (κ2) is 6.73. The second-order valence-corrected chi connectivity index (χ2v) is 7.99. The highest BCUT2D eigenvalue weighted by atomic mass is 35.5. The first kappa shape index (κ1) is 18.7. The molecule has 0 bridgehead atoms. The van der Waals surface area contributed by atoms with Gasteiger partial charge in [-0.25, -0.2) is 0 Å². The third-order valence-corrected chi connectivity index (χ3v) is 6.11. The lowest BCUT2D eigenvalue weighted by Crippen LogP contribution is -2.15. The van der Waals surface area contributed by atoms with Crippen LogP contribution in [-0.2, 0) is 0 Å². The Balaban J connectivity index is 1.61. The third kappa shape index (κ3) is 2.47. The van der Waals surface area contributed by atoms with Gasteiger partial charge in [0, 0.05) is 27.6 Å². The van der Waals surface area contributed by atoms with E-state index in [1.807, 2.05) is 24.3 Å². The van der Waals surface area contributed by atoms with E-state index < -0.39 is 5.91 Å². The summed E-state index contributed by atoms with van der Waals surface area (Å²) >= 11 is 6.36. The van der Waals surface area contributed by atoms with Crippen LogP contribution in [0.15, 0.2) is 71.3 Å². The molecule has 6 nitrogen and oxygen atoms in total. The zero-order valence-corrected chi connectivity index (χ0v) is 17.6. The van der Waals surface area contributed by atoms with Gasteiger partial charge < -0.3 is 4.52 Å². The Labute approximate surface area is 187 Å². The van der Waals surface area contributed by atoms with Gasteiger partial charge in [-0.15, -0.1) is 0 Å². The molecule has 0 atom stereocenters. The number of hydrogen-bond acceptors (Lipinski definition) is 5. The molecule has 0 amide bonds. The van der Waals surface area contributed by atoms with Gasteiger partial charge >= 0.3 is 0 Å². The van der Waals surface area contributed by atoms with Crippen molar-refractivity contribution in [3.63, 3.8) is 0 Å². The minimum atomic E-state index is -0.404. The van der Waals surface area contributed by atoms with Gasteiger partial charge in [-0.3, -0.25) is 9.59 Å². The zero-order chi connectivity index (χ0) is 22.0. The molecule has 7 heteroatoms. The van der Waals surface area contributed by atoms with Crippen LogP contribution in [0.5, 0.6) is 0 Å². The number of nitrogens with zero attached hydrogens (tertiary/aromatic N) is 3. The first-order chi connectivity index (χ1) is 15.6. The van der Waals surface area contributed by atoms with E-state index in [9.17, 15) is 9.59 Å². The minimum Gasteiger partial charge on any atom is -0.360 e. The maximum Gasteiger partial charge on any atom is 0.284 e. The van der Waals surface area contributed by atoms with Gasteiger partial charge in [-0.1, -0.05) is 71.4 Å². The van der Waals surface area contributed by atoms with E-state index in [1.54, 1.807) is 49.4 Å². The average molecular weight is 440 g/mol. The molecule has 0 unspecified atom stereocenters. The largest absolute Gasteiger partial charge is 0.360 e. The van der Waals surface area contributed by atoms with Gasteiger partial charge in [0.2, 0.25) is 0 Å². The smallest absolute Gasteiger partial charge is 0.284 e. The Morgan fingerprint density at radius 1 is 0.875 bits per heavy atom. The summed E-state index contributed by atoms with van der Waals surface area (Å²) in [5.74, 6) is -0.125. The van der Waals surface area contributed by atoms with Crippen LogP contribution in [-0.4, -0.2) is 26.6 Å². The molecule has 0 saturated carbocycles. The summed E-state index contributed by atoms with van der Waals surface area (Å²) in [6.45, 7) is 1.68. The number of ketones is 1. The van der Waals surface area contributed by atoms with Crippen molar-refractivity contribution in [3.8, 4) is 22.5 Å². The highest BCUT2D eigenvalue weighted by molar-refractivity contribution is 6.33. The van der Waals surface area contributed by atoms with Crippen molar-refractivity contribution in [1.29, 1.82) is 0 Å². The van der Waals surface area contributed by atoms with Crippen LogP contribution < -0.4 is 0 Å². The summed E-state index contributed by atoms with van der Waals surface area (Å²) in [7, 11) is 0. The second-order valence-electron chi connectivity index (χ2n) is 7.58.